The molecule has 30 heavy (non-hydrogen) atoms. The van der Waals surface area contributed by atoms with E-state index in [0.717, 1.165) is 47.7 Å². The van der Waals surface area contributed by atoms with Crippen LogP contribution < -0.4 is 10.2 Å². The molecule has 7 heteroatoms. The Kier molecular flexibility index (Phi) is 5.53. The van der Waals surface area contributed by atoms with Crippen LogP contribution in [0.5, 0.6) is 0 Å². The molecule has 4 rings (SSSR count). The Hall–Kier alpha value is -3.22. The van der Waals surface area contributed by atoms with E-state index >= 15 is 0 Å². The van der Waals surface area contributed by atoms with Crippen molar-refractivity contribution in [2.24, 2.45) is 7.05 Å². The Labute approximate surface area is 177 Å². The quantitative estimate of drug-likeness (QED) is 0.724. The first kappa shape index (κ1) is 20.1. The first-order chi connectivity index (χ1) is 14.4. The van der Waals surface area contributed by atoms with Gasteiger partial charge in [0.05, 0.1) is 6.20 Å². The van der Waals surface area contributed by atoms with Crippen molar-refractivity contribution in [1.29, 1.82) is 0 Å². The van der Waals surface area contributed by atoms with E-state index in [2.05, 4.69) is 31.3 Å². The van der Waals surface area contributed by atoms with E-state index in [1.165, 1.54) is 0 Å². The molecule has 2 atom stereocenters. The van der Waals surface area contributed by atoms with Gasteiger partial charge in [-0.25, -0.2) is 9.97 Å². The van der Waals surface area contributed by atoms with Gasteiger partial charge < -0.3 is 10.2 Å². The van der Waals surface area contributed by atoms with E-state index in [4.69, 9.17) is 0 Å². The van der Waals surface area contributed by atoms with Gasteiger partial charge in [0.25, 0.3) is 5.91 Å². The molecule has 0 spiro atoms. The van der Waals surface area contributed by atoms with Crippen LogP contribution in [0.3, 0.4) is 0 Å². The van der Waals surface area contributed by atoms with Gasteiger partial charge >= 0.3 is 0 Å². The van der Waals surface area contributed by atoms with Crippen LogP contribution in [0.2, 0.25) is 0 Å². The fraction of sp³-hybridized carbons (Fsp3) is 0.391. The minimum atomic E-state index is -0.0271. The number of aryl methyl sites for hydroxylation is 4. The summed E-state index contributed by atoms with van der Waals surface area (Å²) in [5.74, 6) is 0.807. The standard InChI is InChI=1S/C23H28N6O/c1-15-7-16(2)9-18(8-15)22(30)27-21-5-6-29(23-24-10-17(3)11-25-23)14-20(21)19-12-26-28(4)13-19/h7-13,20-21H,5-6,14H2,1-4H3,(H,27,30)/t20-,21-/m1/s1. The highest BCUT2D eigenvalue weighted by atomic mass is 16.1. The zero-order chi connectivity index (χ0) is 21.3. The molecular formula is C23H28N6O. The van der Waals surface area contributed by atoms with Crippen LogP contribution in [0, 0.1) is 20.8 Å². The number of aromatic nitrogens is 4. The number of carbonyl (C=O) groups excluding carboxylic acids is 1. The summed E-state index contributed by atoms with van der Waals surface area (Å²) in [6.07, 6.45) is 8.41. The fourth-order valence-corrected chi connectivity index (χ4v) is 4.18. The van der Waals surface area contributed by atoms with Crippen molar-refractivity contribution in [2.45, 2.75) is 39.2 Å². The number of amides is 1. The van der Waals surface area contributed by atoms with Crippen LogP contribution in [-0.2, 0) is 7.05 Å². The van der Waals surface area contributed by atoms with Crippen molar-refractivity contribution >= 4 is 11.9 Å². The van der Waals surface area contributed by atoms with Gasteiger partial charge in [0.2, 0.25) is 5.95 Å². The number of anilines is 1. The second-order valence-corrected chi connectivity index (χ2v) is 8.31. The Morgan fingerprint density at radius 1 is 1.03 bits per heavy atom. The van der Waals surface area contributed by atoms with Gasteiger partial charge in [-0.15, -0.1) is 0 Å². The van der Waals surface area contributed by atoms with Crippen LogP contribution in [0.15, 0.2) is 43.0 Å². The molecule has 0 aliphatic carbocycles. The van der Waals surface area contributed by atoms with E-state index in [1.54, 1.807) is 4.68 Å². The van der Waals surface area contributed by atoms with Crippen molar-refractivity contribution in [2.75, 3.05) is 18.0 Å². The zero-order valence-electron chi connectivity index (χ0n) is 18.0. The molecule has 1 N–H and O–H groups in total. The fourth-order valence-electron chi connectivity index (χ4n) is 4.18. The first-order valence-corrected chi connectivity index (χ1v) is 10.3. The van der Waals surface area contributed by atoms with Crippen LogP contribution in [-0.4, -0.2) is 44.8 Å². The summed E-state index contributed by atoms with van der Waals surface area (Å²) in [4.78, 5) is 24.2. The molecule has 1 aliphatic rings. The highest BCUT2D eigenvalue weighted by molar-refractivity contribution is 5.94. The molecule has 1 fully saturated rings. The molecule has 2 aromatic heterocycles. The maximum atomic E-state index is 13.0. The molecule has 7 nitrogen and oxygen atoms in total. The van der Waals surface area contributed by atoms with Crippen LogP contribution in [0.1, 0.15) is 45.0 Å². The molecule has 1 aliphatic heterocycles. The third kappa shape index (κ3) is 4.35. The lowest BCUT2D eigenvalue weighted by atomic mass is 9.87. The third-order valence-electron chi connectivity index (χ3n) is 5.62. The van der Waals surface area contributed by atoms with Crippen molar-refractivity contribution in [3.8, 4) is 0 Å². The maximum absolute atomic E-state index is 13.0. The predicted molar refractivity (Wildman–Crippen MR) is 117 cm³/mol. The summed E-state index contributed by atoms with van der Waals surface area (Å²) in [5, 5.41) is 7.64. The van der Waals surface area contributed by atoms with Gasteiger partial charge in [-0.1, -0.05) is 17.2 Å². The molecule has 3 aromatic rings. The minimum Gasteiger partial charge on any atom is -0.349 e. The van der Waals surface area contributed by atoms with Crippen molar-refractivity contribution in [3.05, 3.63) is 70.8 Å². The summed E-state index contributed by atoms with van der Waals surface area (Å²) < 4.78 is 1.81. The van der Waals surface area contributed by atoms with E-state index in [1.807, 2.05) is 64.7 Å². The summed E-state index contributed by atoms with van der Waals surface area (Å²) in [6.45, 7) is 7.53. The van der Waals surface area contributed by atoms with Gasteiger partial charge in [-0.2, -0.15) is 5.10 Å². The highest BCUT2D eigenvalue weighted by Gasteiger charge is 2.33. The Balaban J connectivity index is 1.57. The van der Waals surface area contributed by atoms with Crippen molar-refractivity contribution < 1.29 is 4.79 Å². The lowest BCUT2D eigenvalue weighted by molar-refractivity contribution is 0.0925. The number of hydrogen-bond donors (Lipinski definition) is 1. The van der Waals surface area contributed by atoms with E-state index in [-0.39, 0.29) is 17.9 Å². The van der Waals surface area contributed by atoms with Crippen LogP contribution >= 0.6 is 0 Å². The molecule has 0 saturated carbocycles. The van der Waals surface area contributed by atoms with Gasteiger partial charge in [-0.3, -0.25) is 9.48 Å². The molecule has 0 radical (unpaired) electrons. The normalized spacial score (nSPS) is 19.0. The largest absolute Gasteiger partial charge is 0.349 e. The molecule has 0 bridgehead atoms. The van der Waals surface area contributed by atoms with Crippen molar-refractivity contribution in [1.82, 2.24) is 25.1 Å². The van der Waals surface area contributed by atoms with E-state index in [9.17, 15) is 4.79 Å². The highest BCUT2D eigenvalue weighted by Crippen LogP contribution is 2.29. The van der Waals surface area contributed by atoms with Gasteiger partial charge in [0.1, 0.15) is 0 Å². The lowest BCUT2D eigenvalue weighted by Crippen LogP contribution is -2.50. The van der Waals surface area contributed by atoms with E-state index < -0.39 is 0 Å². The average molecular weight is 405 g/mol. The summed E-state index contributed by atoms with van der Waals surface area (Å²) in [6, 6.07) is 5.98. The smallest absolute Gasteiger partial charge is 0.251 e. The predicted octanol–water partition coefficient (Wildman–Crippen LogP) is 2.93. The lowest BCUT2D eigenvalue weighted by Gasteiger charge is -2.38. The summed E-state index contributed by atoms with van der Waals surface area (Å²) in [5.41, 5.74) is 5.05. The molecule has 1 aromatic carbocycles. The van der Waals surface area contributed by atoms with Gasteiger partial charge in [-0.05, 0) is 50.5 Å². The van der Waals surface area contributed by atoms with Crippen LogP contribution in [0.25, 0.3) is 0 Å². The number of carbonyl (C=O) groups is 1. The molecular weight excluding hydrogens is 376 g/mol. The zero-order valence-corrected chi connectivity index (χ0v) is 18.0. The topological polar surface area (TPSA) is 75.9 Å². The molecule has 3 heterocycles. The number of benzene rings is 1. The van der Waals surface area contributed by atoms with Gasteiger partial charge in [0.15, 0.2) is 0 Å². The number of nitrogens with zero attached hydrogens (tertiary/aromatic N) is 5. The van der Waals surface area contributed by atoms with Crippen LogP contribution in [0.4, 0.5) is 5.95 Å². The monoisotopic (exact) mass is 404 g/mol. The first-order valence-electron chi connectivity index (χ1n) is 10.3. The summed E-state index contributed by atoms with van der Waals surface area (Å²) in [7, 11) is 1.91. The Morgan fingerprint density at radius 2 is 1.73 bits per heavy atom. The number of rotatable bonds is 4. The Bertz CT molecular complexity index is 1020. The maximum Gasteiger partial charge on any atom is 0.251 e. The SMILES string of the molecule is Cc1cnc(N2CC[C@@H](NC(=O)c3cc(C)cc(C)c3)[C@@H](c3cnn(C)c3)C2)nc1. The van der Waals surface area contributed by atoms with Gasteiger partial charge in [0, 0.05) is 56.3 Å². The third-order valence-corrected chi connectivity index (χ3v) is 5.62. The summed E-state index contributed by atoms with van der Waals surface area (Å²) >= 11 is 0. The molecule has 156 valence electrons. The molecule has 0 unspecified atom stereocenters. The Morgan fingerprint density at radius 3 is 2.37 bits per heavy atom. The molecule has 1 amide bonds. The minimum absolute atomic E-state index is 0.0178. The second-order valence-electron chi connectivity index (χ2n) is 8.31. The second kappa shape index (κ2) is 8.26. The van der Waals surface area contributed by atoms with Crippen molar-refractivity contribution in [3.63, 3.8) is 0 Å². The average Bonchev–Trinajstić information content (AvgIpc) is 3.14. The number of hydrogen-bond acceptors (Lipinski definition) is 5. The van der Waals surface area contributed by atoms with E-state index in [0.29, 0.717) is 5.56 Å². The molecule has 1 saturated heterocycles. The number of piperidine rings is 1. The number of nitrogens with one attached hydrogen (secondary N) is 1.